The Bertz CT molecular complexity index is 650. The second kappa shape index (κ2) is 9.76. The first-order valence-electron chi connectivity index (χ1n) is 6.27. The highest BCUT2D eigenvalue weighted by molar-refractivity contribution is 7.89. The average molecular weight is 364 g/mol. The minimum absolute atomic E-state index is 0. The molecule has 0 spiro atoms. The van der Waals surface area contributed by atoms with Crippen molar-refractivity contribution in [2.24, 2.45) is 5.14 Å². The highest BCUT2D eigenvalue weighted by Crippen LogP contribution is 2.08. The van der Waals surface area contributed by atoms with Gasteiger partial charge in [-0.15, -0.1) is 24.8 Å². The van der Waals surface area contributed by atoms with Gasteiger partial charge in [-0.05, 0) is 42.3 Å². The molecule has 0 bridgehead atoms. The molecule has 1 aromatic heterocycles. The van der Waals surface area contributed by atoms with Crippen molar-refractivity contribution in [1.82, 2.24) is 10.3 Å². The molecule has 0 atom stereocenters. The van der Waals surface area contributed by atoms with E-state index in [1.165, 1.54) is 12.1 Å². The normalized spacial score (nSPS) is 10.4. The number of nitrogens with zero attached hydrogens (tertiary/aromatic N) is 1. The van der Waals surface area contributed by atoms with Crippen LogP contribution < -0.4 is 10.5 Å². The molecular weight excluding hydrogens is 345 g/mol. The quantitative estimate of drug-likeness (QED) is 0.767. The van der Waals surface area contributed by atoms with E-state index in [9.17, 15) is 8.42 Å². The van der Waals surface area contributed by atoms with Crippen molar-refractivity contribution in [1.29, 1.82) is 0 Å². The molecule has 0 aliphatic rings. The summed E-state index contributed by atoms with van der Waals surface area (Å²) in [5.41, 5.74) is 2.20. The van der Waals surface area contributed by atoms with Crippen molar-refractivity contribution in [3.05, 3.63) is 59.9 Å². The number of sulfonamides is 1. The van der Waals surface area contributed by atoms with Gasteiger partial charge in [0.1, 0.15) is 0 Å². The lowest BCUT2D eigenvalue weighted by Gasteiger charge is -2.05. The van der Waals surface area contributed by atoms with Crippen molar-refractivity contribution in [2.75, 3.05) is 6.54 Å². The third-order valence-electron chi connectivity index (χ3n) is 2.89. The third-order valence-corrected chi connectivity index (χ3v) is 3.82. The molecule has 2 rings (SSSR count). The molecule has 2 aromatic rings. The van der Waals surface area contributed by atoms with E-state index < -0.39 is 10.0 Å². The monoisotopic (exact) mass is 363 g/mol. The van der Waals surface area contributed by atoms with Crippen molar-refractivity contribution in [3.63, 3.8) is 0 Å². The molecule has 1 heterocycles. The number of hydrogen-bond acceptors (Lipinski definition) is 4. The lowest BCUT2D eigenvalue weighted by atomic mass is 10.1. The summed E-state index contributed by atoms with van der Waals surface area (Å²) >= 11 is 0. The molecule has 3 N–H and O–H groups in total. The third kappa shape index (κ3) is 6.72. The van der Waals surface area contributed by atoms with Crippen LogP contribution in [0, 0.1) is 0 Å². The van der Waals surface area contributed by atoms with Gasteiger partial charge in [-0.2, -0.15) is 0 Å². The van der Waals surface area contributed by atoms with Crippen LogP contribution in [0.5, 0.6) is 0 Å². The van der Waals surface area contributed by atoms with E-state index in [2.05, 4.69) is 10.3 Å². The zero-order valence-corrected chi connectivity index (χ0v) is 14.3. The first-order chi connectivity index (χ1) is 9.55. The Morgan fingerprint density at radius 2 is 1.73 bits per heavy atom. The van der Waals surface area contributed by atoms with Crippen LogP contribution in [0.25, 0.3) is 0 Å². The summed E-state index contributed by atoms with van der Waals surface area (Å²) in [6.45, 7) is 1.58. The Morgan fingerprint density at radius 3 is 2.27 bits per heavy atom. The molecular formula is C14H19Cl2N3O2S. The first kappa shape index (κ1) is 20.8. The van der Waals surface area contributed by atoms with Crippen molar-refractivity contribution in [2.45, 2.75) is 17.9 Å². The summed E-state index contributed by atoms with van der Waals surface area (Å²) < 4.78 is 22.2. The minimum atomic E-state index is -3.60. The van der Waals surface area contributed by atoms with Crippen LogP contribution in [0.3, 0.4) is 0 Å². The fraction of sp³-hybridized carbons (Fsp3) is 0.214. The van der Waals surface area contributed by atoms with Gasteiger partial charge in [-0.3, -0.25) is 4.98 Å². The van der Waals surface area contributed by atoms with Gasteiger partial charge in [0.2, 0.25) is 10.0 Å². The van der Waals surface area contributed by atoms with E-state index in [1.54, 1.807) is 18.3 Å². The maximum Gasteiger partial charge on any atom is 0.238 e. The summed E-state index contributed by atoms with van der Waals surface area (Å²) in [6.07, 6.45) is 4.40. The van der Waals surface area contributed by atoms with Crippen LogP contribution in [0.1, 0.15) is 11.1 Å². The number of nitrogens with one attached hydrogen (secondary N) is 1. The summed E-state index contributed by atoms with van der Waals surface area (Å²) in [6, 6.07) is 10.6. The molecule has 0 unspecified atom stereocenters. The van der Waals surface area contributed by atoms with Crippen LogP contribution in [0.15, 0.2) is 53.7 Å². The minimum Gasteiger partial charge on any atom is -0.312 e. The van der Waals surface area contributed by atoms with E-state index in [-0.39, 0.29) is 29.7 Å². The van der Waals surface area contributed by atoms with Gasteiger partial charge in [-0.1, -0.05) is 18.2 Å². The maximum atomic E-state index is 11.1. The molecule has 122 valence electrons. The van der Waals surface area contributed by atoms with Crippen LogP contribution in [-0.2, 0) is 23.0 Å². The molecule has 0 aliphatic carbocycles. The molecule has 5 nitrogen and oxygen atoms in total. The van der Waals surface area contributed by atoms with Crippen molar-refractivity contribution >= 4 is 34.8 Å². The molecule has 0 aliphatic heterocycles. The standard InChI is InChI=1S/C14H17N3O2S.2ClH/c15-20(18,19)14-5-3-12(4-6-14)7-9-17-11-13-2-1-8-16-10-13;;/h1-6,8,10,17H,7,9,11H2,(H2,15,18,19);2*1H. The second-order valence-electron chi connectivity index (χ2n) is 4.48. The van der Waals surface area contributed by atoms with Crippen LogP contribution in [0.2, 0.25) is 0 Å². The molecule has 0 saturated carbocycles. The predicted octanol–water partition coefficient (Wildman–Crippen LogP) is 1.90. The van der Waals surface area contributed by atoms with Crippen LogP contribution in [0.4, 0.5) is 0 Å². The summed E-state index contributed by atoms with van der Waals surface area (Å²) in [5, 5.41) is 8.36. The second-order valence-corrected chi connectivity index (χ2v) is 6.04. The average Bonchev–Trinajstić information content (AvgIpc) is 2.44. The fourth-order valence-corrected chi connectivity index (χ4v) is 2.33. The van der Waals surface area contributed by atoms with Gasteiger partial charge in [0.15, 0.2) is 0 Å². The molecule has 8 heteroatoms. The Balaban J connectivity index is 0.00000220. The first-order valence-corrected chi connectivity index (χ1v) is 7.82. The molecule has 0 amide bonds. The predicted molar refractivity (Wildman–Crippen MR) is 92.0 cm³/mol. The number of benzene rings is 1. The highest BCUT2D eigenvalue weighted by atomic mass is 35.5. The number of nitrogens with two attached hydrogens (primary N) is 1. The Hall–Kier alpha value is -1.18. The van der Waals surface area contributed by atoms with E-state index in [4.69, 9.17) is 5.14 Å². The Morgan fingerprint density at radius 1 is 1.05 bits per heavy atom. The Labute approximate surface area is 143 Å². The maximum absolute atomic E-state index is 11.1. The van der Waals surface area contributed by atoms with Crippen molar-refractivity contribution in [3.8, 4) is 0 Å². The number of hydrogen-bond donors (Lipinski definition) is 2. The van der Waals surface area contributed by atoms with Gasteiger partial charge in [0.05, 0.1) is 4.90 Å². The fourth-order valence-electron chi connectivity index (χ4n) is 1.81. The van der Waals surface area contributed by atoms with Crippen LogP contribution >= 0.6 is 24.8 Å². The SMILES string of the molecule is Cl.Cl.NS(=O)(=O)c1ccc(CCNCc2cccnc2)cc1. The molecule has 0 radical (unpaired) electrons. The molecule has 0 saturated heterocycles. The lowest BCUT2D eigenvalue weighted by Crippen LogP contribution is -2.17. The summed E-state index contributed by atoms with van der Waals surface area (Å²) in [5.74, 6) is 0. The highest BCUT2D eigenvalue weighted by Gasteiger charge is 2.06. The lowest BCUT2D eigenvalue weighted by molar-refractivity contribution is 0.597. The van der Waals surface area contributed by atoms with Gasteiger partial charge >= 0.3 is 0 Å². The van der Waals surface area contributed by atoms with Crippen molar-refractivity contribution < 1.29 is 8.42 Å². The number of primary sulfonamides is 1. The zero-order valence-electron chi connectivity index (χ0n) is 11.8. The van der Waals surface area contributed by atoms with E-state index >= 15 is 0 Å². The number of rotatable bonds is 6. The number of aromatic nitrogens is 1. The topological polar surface area (TPSA) is 85.1 Å². The Kier molecular flexibility index (Phi) is 9.24. The van der Waals surface area contributed by atoms with Gasteiger partial charge < -0.3 is 5.32 Å². The van der Waals surface area contributed by atoms with Gasteiger partial charge in [0.25, 0.3) is 0 Å². The van der Waals surface area contributed by atoms with E-state index in [1.807, 2.05) is 18.3 Å². The smallest absolute Gasteiger partial charge is 0.238 e. The number of halogens is 2. The van der Waals surface area contributed by atoms with Gasteiger partial charge in [-0.25, -0.2) is 13.6 Å². The summed E-state index contributed by atoms with van der Waals surface area (Å²) in [7, 11) is -3.60. The molecule has 1 aromatic carbocycles. The van der Waals surface area contributed by atoms with E-state index in [0.29, 0.717) is 0 Å². The zero-order chi connectivity index (χ0) is 14.4. The van der Waals surface area contributed by atoms with Crippen LogP contribution in [-0.4, -0.2) is 19.9 Å². The molecule has 22 heavy (non-hydrogen) atoms. The van der Waals surface area contributed by atoms with E-state index in [0.717, 1.165) is 30.6 Å². The summed E-state index contributed by atoms with van der Waals surface area (Å²) in [4.78, 5) is 4.19. The molecule has 0 fully saturated rings. The number of pyridine rings is 1. The largest absolute Gasteiger partial charge is 0.312 e. The van der Waals surface area contributed by atoms with Gasteiger partial charge in [0, 0.05) is 18.9 Å².